The van der Waals surface area contributed by atoms with Crippen LogP contribution in [0.5, 0.6) is 5.75 Å². The van der Waals surface area contributed by atoms with Gasteiger partial charge >= 0.3 is 6.09 Å². The van der Waals surface area contributed by atoms with Gasteiger partial charge in [0.15, 0.2) is 23.1 Å². The lowest BCUT2D eigenvalue weighted by atomic mass is 9.96. The van der Waals surface area contributed by atoms with E-state index in [1.54, 1.807) is 30.2 Å². The average molecular weight is 510 g/mol. The molecule has 1 saturated heterocycles. The molecule has 37 heavy (non-hydrogen) atoms. The summed E-state index contributed by atoms with van der Waals surface area (Å²) in [5.41, 5.74) is 1.50. The fraction of sp³-hybridized carbons (Fsp3) is 0.348. The highest BCUT2D eigenvalue weighted by Crippen LogP contribution is 2.37. The summed E-state index contributed by atoms with van der Waals surface area (Å²) < 4.78 is 11.9. The van der Waals surface area contributed by atoms with E-state index in [2.05, 4.69) is 41.0 Å². The number of nitrogens with one attached hydrogen (secondary N) is 3. The first-order valence-corrected chi connectivity index (χ1v) is 11.4. The Hall–Kier alpha value is -4.75. The van der Waals surface area contributed by atoms with Crippen LogP contribution in [0, 0.1) is 5.92 Å². The van der Waals surface area contributed by atoms with Gasteiger partial charge in [0, 0.05) is 45.6 Å². The van der Waals surface area contributed by atoms with E-state index in [9.17, 15) is 14.4 Å². The topological polar surface area (TPSA) is 165 Å². The normalized spacial score (nSPS) is 12.9. The number of aryl methyl sites for hydroxylation is 1. The maximum absolute atomic E-state index is 12.6. The van der Waals surface area contributed by atoms with Crippen molar-refractivity contribution in [1.29, 1.82) is 0 Å². The van der Waals surface area contributed by atoms with Gasteiger partial charge < -0.3 is 30.3 Å². The van der Waals surface area contributed by atoms with Crippen molar-refractivity contribution < 1.29 is 23.9 Å². The Balaban J connectivity index is 1.55. The summed E-state index contributed by atoms with van der Waals surface area (Å²) in [6.45, 7) is 0.880. The lowest BCUT2D eigenvalue weighted by Gasteiger charge is -2.37. The zero-order chi connectivity index (χ0) is 26.5. The molecule has 0 spiro atoms. The van der Waals surface area contributed by atoms with E-state index in [0.717, 1.165) is 0 Å². The van der Waals surface area contributed by atoms with E-state index in [4.69, 9.17) is 4.74 Å². The first kappa shape index (κ1) is 25.3. The second-order valence-corrected chi connectivity index (χ2v) is 8.32. The van der Waals surface area contributed by atoms with Crippen LogP contribution in [-0.2, 0) is 16.6 Å². The number of para-hydroxylation sites is 1. The third kappa shape index (κ3) is 5.58. The minimum Gasteiger partial charge on any atom is -0.494 e. The first-order valence-electron chi connectivity index (χ1n) is 11.4. The molecule has 3 aromatic rings. The number of carbonyl (C=O) groups excluding carboxylic acids is 3. The van der Waals surface area contributed by atoms with E-state index < -0.39 is 12.0 Å². The summed E-state index contributed by atoms with van der Waals surface area (Å²) >= 11 is 0. The Bertz CT molecular complexity index is 1320. The summed E-state index contributed by atoms with van der Waals surface area (Å²) in [6, 6.07) is 6.89. The molecular weight excluding hydrogens is 482 g/mol. The molecule has 0 atom stereocenters. The van der Waals surface area contributed by atoms with Crippen molar-refractivity contribution in [2.45, 2.75) is 6.42 Å². The van der Waals surface area contributed by atoms with Gasteiger partial charge in [-0.25, -0.2) is 9.78 Å². The zero-order valence-corrected chi connectivity index (χ0v) is 20.8. The molecule has 0 aliphatic carbocycles. The summed E-state index contributed by atoms with van der Waals surface area (Å²) in [7, 11) is 6.08. The summed E-state index contributed by atoms with van der Waals surface area (Å²) in [5.74, 6) is 0.346. The minimum atomic E-state index is -0.466. The highest BCUT2D eigenvalue weighted by Gasteiger charge is 2.32. The van der Waals surface area contributed by atoms with Crippen LogP contribution >= 0.6 is 0 Å². The number of anilines is 3. The van der Waals surface area contributed by atoms with Crippen LogP contribution in [0.1, 0.15) is 16.9 Å². The van der Waals surface area contributed by atoms with Gasteiger partial charge in [-0.3, -0.25) is 14.3 Å². The molecule has 3 amide bonds. The molecular formula is C23H27N9O5. The first-order chi connectivity index (χ1) is 17.8. The Morgan fingerprint density at radius 2 is 1.92 bits per heavy atom. The second-order valence-electron chi connectivity index (χ2n) is 8.32. The predicted octanol–water partition coefficient (Wildman–Crippen LogP) is 1.41. The third-order valence-corrected chi connectivity index (χ3v) is 5.70. The van der Waals surface area contributed by atoms with Gasteiger partial charge in [0.2, 0.25) is 5.91 Å². The molecule has 3 heterocycles. The van der Waals surface area contributed by atoms with Crippen molar-refractivity contribution in [3.05, 3.63) is 36.3 Å². The van der Waals surface area contributed by atoms with Crippen molar-refractivity contribution in [3.8, 4) is 17.1 Å². The summed E-state index contributed by atoms with van der Waals surface area (Å²) in [5, 5.41) is 20.7. The molecule has 14 heteroatoms. The van der Waals surface area contributed by atoms with Gasteiger partial charge in [0.1, 0.15) is 6.33 Å². The Morgan fingerprint density at radius 3 is 2.57 bits per heavy atom. The van der Waals surface area contributed by atoms with Crippen LogP contribution in [0.3, 0.4) is 0 Å². The predicted molar refractivity (Wildman–Crippen MR) is 132 cm³/mol. The van der Waals surface area contributed by atoms with E-state index >= 15 is 0 Å². The molecule has 1 aliphatic rings. The maximum atomic E-state index is 12.6. The highest BCUT2D eigenvalue weighted by molar-refractivity contribution is 5.99. The summed E-state index contributed by atoms with van der Waals surface area (Å²) in [4.78, 5) is 42.3. The average Bonchev–Trinajstić information content (AvgIpc) is 3.31. The number of hydrogen-bond donors (Lipinski definition) is 3. The maximum Gasteiger partial charge on any atom is 0.409 e. The number of benzene rings is 1. The van der Waals surface area contributed by atoms with Gasteiger partial charge in [-0.15, -0.1) is 10.2 Å². The van der Waals surface area contributed by atoms with Crippen molar-refractivity contribution in [3.63, 3.8) is 0 Å². The molecule has 1 fully saturated rings. The van der Waals surface area contributed by atoms with E-state index in [1.165, 1.54) is 32.2 Å². The Kier molecular flexibility index (Phi) is 7.46. The molecule has 0 radical (unpaired) electrons. The fourth-order valence-electron chi connectivity index (χ4n) is 3.91. The zero-order valence-electron chi connectivity index (χ0n) is 20.8. The van der Waals surface area contributed by atoms with Crippen LogP contribution in [0.4, 0.5) is 22.0 Å². The SMILES string of the molecule is CNC(=O)c1nnc(NC(=O)CC2CN(C(=O)OC)C2)cc1Nc1cccc(-c2ncn(C)n2)c1OC. The number of carbonyl (C=O) groups is 3. The summed E-state index contributed by atoms with van der Waals surface area (Å²) in [6.07, 6.45) is 1.36. The lowest BCUT2D eigenvalue weighted by Crippen LogP contribution is -2.50. The lowest BCUT2D eigenvalue weighted by molar-refractivity contribution is -0.118. The van der Waals surface area contributed by atoms with Gasteiger partial charge in [0.05, 0.1) is 31.2 Å². The molecule has 0 unspecified atom stereocenters. The van der Waals surface area contributed by atoms with Crippen molar-refractivity contribution in [2.24, 2.45) is 13.0 Å². The Morgan fingerprint density at radius 1 is 1.14 bits per heavy atom. The van der Waals surface area contributed by atoms with Crippen LogP contribution in [0.2, 0.25) is 0 Å². The molecule has 2 aromatic heterocycles. The fourth-order valence-corrected chi connectivity index (χ4v) is 3.91. The second kappa shape index (κ2) is 10.9. The van der Waals surface area contributed by atoms with Crippen LogP contribution in [0.25, 0.3) is 11.4 Å². The molecule has 1 aliphatic heterocycles. The monoisotopic (exact) mass is 509 g/mol. The number of methoxy groups -OCH3 is 2. The minimum absolute atomic E-state index is 0.0157. The van der Waals surface area contributed by atoms with Gasteiger partial charge in [0.25, 0.3) is 5.91 Å². The molecule has 1 aromatic carbocycles. The van der Waals surface area contributed by atoms with E-state index in [-0.39, 0.29) is 29.8 Å². The molecule has 194 valence electrons. The molecule has 14 nitrogen and oxygen atoms in total. The third-order valence-electron chi connectivity index (χ3n) is 5.70. The van der Waals surface area contributed by atoms with E-state index in [0.29, 0.717) is 41.6 Å². The van der Waals surface area contributed by atoms with E-state index in [1.807, 2.05) is 6.07 Å². The van der Waals surface area contributed by atoms with Gasteiger partial charge in [-0.1, -0.05) is 6.07 Å². The standard InChI is InChI=1S/C23H27N9O5/c1-24-22(34)19-16(26-15-7-5-6-14(20(15)36-3)21-25-12-31(2)30-21)9-17(28-29-19)27-18(33)8-13-10-32(11-13)23(35)37-4/h5-7,9,12-13H,8,10-11H2,1-4H3,(H,24,34)(H2,26,27,28,33). The molecule has 4 rings (SSSR count). The number of nitrogens with zero attached hydrogens (tertiary/aromatic N) is 6. The largest absolute Gasteiger partial charge is 0.494 e. The van der Waals surface area contributed by atoms with Gasteiger partial charge in [-0.2, -0.15) is 5.10 Å². The molecule has 3 N–H and O–H groups in total. The van der Waals surface area contributed by atoms with Crippen LogP contribution in [-0.4, -0.2) is 82.1 Å². The highest BCUT2D eigenvalue weighted by atomic mass is 16.5. The van der Waals surface area contributed by atoms with Crippen molar-refractivity contribution in [2.75, 3.05) is 45.0 Å². The molecule has 0 saturated carbocycles. The number of rotatable bonds is 8. The number of aromatic nitrogens is 5. The Labute approximate surface area is 212 Å². The number of likely N-dealkylation sites (tertiary alicyclic amines) is 1. The van der Waals surface area contributed by atoms with Crippen LogP contribution in [0.15, 0.2) is 30.6 Å². The number of amides is 3. The number of hydrogen-bond acceptors (Lipinski definition) is 10. The van der Waals surface area contributed by atoms with Crippen LogP contribution < -0.4 is 20.7 Å². The smallest absolute Gasteiger partial charge is 0.409 e. The van der Waals surface area contributed by atoms with Crippen molar-refractivity contribution in [1.82, 2.24) is 35.2 Å². The van der Waals surface area contributed by atoms with Crippen molar-refractivity contribution >= 4 is 35.1 Å². The quantitative estimate of drug-likeness (QED) is 0.404. The molecule has 0 bridgehead atoms. The van der Waals surface area contributed by atoms with Gasteiger partial charge in [-0.05, 0) is 12.1 Å². The number of ether oxygens (including phenoxy) is 2.